The van der Waals surface area contributed by atoms with Crippen LogP contribution in [0, 0.1) is 5.82 Å². The lowest BCUT2D eigenvalue weighted by molar-refractivity contribution is 0.629. The number of rotatable bonds is 2. The first kappa shape index (κ1) is 10.1. The van der Waals surface area contributed by atoms with Crippen LogP contribution in [-0.2, 0) is 6.42 Å². The summed E-state index contributed by atoms with van der Waals surface area (Å²) in [5, 5.41) is 3.02. The lowest BCUT2D eigenvalue weighted by Crippen LogP contribution is -2.01. The van der Waals surface area contributed by atoms with Crippen LogP contribution in [0.25, 0.3) is 10.1 Å². The summed E-state index contributed by atoms with van der Waals surface area (Å²) in [6.45, 7) is 0.597. The smallest absolute Gasteiger partial charge is 0.125 e. The lowest BCUT2D eigenvalue weighted by atomic mass is 10.1. The highest BCUT2D eigenvalue weighted by atomic mass is 79.9. The Morgan fingerprint density at radius 1 is 1.43 bits per heavy atom. The minimum atomic E-state index is -0.207. The van der Waals surface area contributed by atoms with Gasteiger partial charge in [0.1, 0.15) is 5.82 Å². The fourth-order valence-electron chi connectivity index (χ4n) is 1.46. The summed E-state index contributed by atoms with van der Waals surface area (Å²) in [6, 6.07) is 3.06. The number of nitrogens with two attached hydrogens (primary N) is 1. The molecule has 0 bridgehead atoms. The lowest BCUT2D eigenvalue weighted by Gasteiger charge is -1.98. The number of hydrogen-bond acceptors (Lipinski definition) is 2. The molecule has 2 rings (SSSR count). The highest BCUT2D eigenvalue weighted by Crippen LogP contribution is 2.33. The number of thiophene rings is 1. The molecular formula is C10H9BrFNS. The predicted molar refractivity (Wildman–Crippen MR) is 62.2 cm³/mol. The Morgan fingerprint density at radius 2 is 2.21 bits per heavy atom. The maximum absolute atomic E-state index is 13.1. The Morgan fingerprint density at radius 3 is 2.93 bits per heavy atom. The van der Waals surface area contributed by atoms with Gasteiger partial charge in [-0.3, -0.25) is 0 Å². The summed E-state index contributed by atoms with van der Waals surface area (Å²) in [5.74, 6) is -0.207. The van der Waals surface area contributed by atoms with E-state index in [4.69, 9.17) is 5.73 Å². The number of fused-ring (bicyclic) bond motifs is 1. The SMILES string of the molecule is NCCc1csc2c(Br)cc(F)cc12. The van der Waals surface area contributed by atoms with Crippen molar-refractivity contribution >= 4 is 37.4 Å². The van der Waals surface area contributed by atoms with Crippen molar-refractivity contribution in [2.24, 2.45) is 5.73 Å². The van der Waals surface area contributed by atoms with E-state index >= 15 is 0 Å². The second-order valence-electron chi connectivity index (χ2n) is 3.06. The molecule has 0 saturated carbocycles. The van der Waals surface area contributed by atoms with Crippen molar-refractivity contribution in [2.45, 2.75) is 6.42 Å². The maximum Gasteiger partial charge on any atom is 0.125 e. The molecule has 1 aromatic carbocycles. The van der Waals surface area contributed by atoms with E-state index in [1.165, 1.54) is 6.07 Å². The van der Waals surface area contributed by atoms with Crippen LogP contribution in [0.1, 0.15) is 5.56 Å². The number of halogens is 2. The molecule has 1 nitrogen and oxygen atoms in total. The molecule has 0 aliphatic heterocycles. The van der Waals surface area contributed by atoms with Gasteiger partial charge < -0.3 is 5.73 Å². The fourth-order valence-corrected chi connectivity index (χ4v) is 3.17. The normalized spacial score (nSPS) is 11.1. The van der Waals surface area contributed by atoms with Crippen LogP contribution < -0.4 is 5.73 Å². The van der Waals surface area contributed by atoms with Crippen LogP contribution >= 0.6 is 27.3 Å². The standard InChI is InChI=1S/C10H9BrFNS/c11-9-4-7(12)3-8-6(1-2-13)5-14-10(8)9/h3-5H,1-2,13H2. The van der Waals surface area contributed by atoms with Gasteiger partial charge >= 0.3 is 0 Å². The highest BCUT2D eigenvalue weighted by Gasteiger charge is 2.08. The minimum absolute atomic E-state index is 0.207. The molecule has 0 fully saturated rings. The van der Waals surface area contributed by atoms with E-state index < -0.39 is 0 Å². The van der Waals surface area contributed by atoms with E-state index in [9.17, 15) is 4.39 Å². The van der Waals surface area contributed by atoms with E-state index in [1.54, 1.807) is 17.4 Å². The molecule has 0 saturated heterocycles. The number of benzene rings is 1. The molecule has 0 amide bonds. The first-order valence-corrected chi connectivity index (χ1v) is 5.95. The maximum atomic E-state index is 13.1. The molecule has 0 unspecified atom stereocenters. The average Bonchev–Trinajstić information content (AvgIpc) is 2.49. The van der Waals surface area contributed by atoms with Gasteiger partial charge in [0, 0.05) is 9.17 Å². The predicted octanol–water partition coefficient (Wildman–Crippen LogP) is 3.30. The quantitative estimate of drug-likeness (QED) is 0.893. The molecule has 1 heterocycles. The van der Waals surface area contributed by atoms with Crippen LogP contribution in [0.3, 0.4) is 0 Å². The molecule has 1 aromatic heterocycles. The van der Waals surface area contributed by atoms with E-state index in [2.05, 4.69) is 15.9 Å². The van der Waals surface area contributed by atoms with Gasteiger partial charge in [-0.1, -0.05) is 0 Å². The van der Waals surface area contributed by atoms with Crippen LogP contribution in [0.4, 0.5) is 4.39 Å². The summed E-state index contributed by atoms with van der Waals surface area (Å²) in [4.78, 5) is 0. The molecule has 0 radical (unpaired) electrons. The van der Waals surface area contributed by atoms with Gasteiger partial charge in [-0.15, -0.1) is 11.3 Å². The summed E-state index contributed by atoms with van der Waals surface area (Å²) < 4.78 is 15.1. The molecule has 2 N–H and O–H groups in total. The Labute approximate surface area is 93.9 Å². The Kier molecular flexibility index (Phi) is 2.85. The van der Waals surface area contributed by atoms with Gasteiger partial charge in [-0.25, -0.2) is 4.39 Å². The van der Waals surface area contributed by atoms with Crippen LogP contribution in [-0.4, -0.2) is 6.54 Å². The molecule has 4 heteroatoms. The molecule has 2 aromatic rings. The summed E-state index contributed by atoms with van der Waals surface area (Å²) in [7, 11) is 0. The zero-order chi connectivity index (χ0) is 10.1. The van der Waals surface area contributed by atoms with Gasteiger partial charge in [0.25, 0.3) is 0 Å². The van der Waals surface area contributed by atoms with Crippen molar-refractivity contribution in [1.82, 2.24) is 0 Å². The Balaban J connectivity index is 2.66. The van der Waals surface area contributed by atoms with Crippen molar-refractivity contribution in [1.29, 1.82) is 0 Å². The van der Waals surface area contributed by atoms with Crippen molar-refractivity contribution in [3.63, 3.8) is 0 Å². The topological polar surface area (TPSA) is 26.0 Å². The average molecular weight is 274 g/mol. The first-order valence-electron chi connectivity index (χ1n) is 4.27. The Bertz CT molecular complexity index is 466. The third kappa shape index (κ3) is 1.69. The molecule has 14 heavy (non-hydrogen) atoms. The van der Waals surface area contributed by atoms with Gasteiger partial charge in [-0.2, -0.15) is 0 Å². The van der Waals surface area contributed by atoms with Crippen molar-refractivity contribution in [3.05, 3.63) is 33.4 Å². The largest absolute Gasteiger partial charge is 0.330 e. The third-order valence-corrected chi connectivity index (χ3v) is 4.05. The van der Waals surface area contributed by atoms with Crippen LogP contribution in [0.5, 0.6) is 0 Å². The highest BCUT2D eigenvalue weighted by molar-refractivity contribution is 9.10. The molecule has 0 aliphatic rings. The van der Waals surface area contributed by atoms with Crippen molar-refractivity contribution < 1.29 is 4.39 Å². The van der Waals surface area contributed by atoms with Gasteiger partial charge in [-0.05, 0) is 57.4 Å². The molecule has 0 atom stereocenters. The second-order valence-corrected chi connectivity index (χ2v) is 4.80. The zero-order valence-corrected chi connectivity index (χ0v) is 9.79. The van der Waals surface area contributed by atoms with E-state index in [1.807, 2.05) is 5.38 Å². The van der Waals surface area contributed by atoms with E-state index in [-0.39, 0.29) is 5.82 Å². The second kappa shape index (κ2) is 3.96. The monoisotopic (exact) mass is 273 g/mol. The molecule has 0 spiro atoms. The molecule has 0 aliphatic carbocycles. The minimum Gasteiger partial charge on any atom is -0.330 e. The summed E-state index contributed by atoms with van der Waals surface area (Å²) >= 11 is 4.97. The first-order chi connectivity index (χ1) is 6.72. The van der Waals surface area contributed by atoms with Gasteiger partial charge in [0.05, 0.1) is 0 Å². The van der Waals surface area contributed by atoms with Crippen LogP contribution in [0.2, 0.25) is 0 Å². The zero-order valence-electron chi connectivity index (χ0n) is 7.39. The fraction of sp³-hybridized carbons (Fsp3) is 0.200. The summed E-state index contributed by atoms with van der Waals surface area (Å²) in [6.07, 6.45) is 0.801. The van der Waals surface area contributed by atoms with E-state index in [0.717, 1.165) is 26.5 Å². The van der Waals surface area contributed by atoms with Gasteiger partial charge in [0.2, 0.25) is 0 Å². The van der Waals surface area contributed by atoms with Crippen molar-refractivity contribution in [3.8, 4) is 0 Å². The molecular weight excluding hydrogens is 265 g/mol. The van der Waals surface area contributed by atoms with Crippen LogP contribution in [0.15, 0.2) is 22.0 Å². The van der Waals surface area contributed by atoms with Crippen molar-refractivity contribution in [2.75, 3.05) is 6.54 Å². The van der Waals surface area contributed by atoms with E-state index in [0.29, 0.717) is 6.54 Å². The third-order valence-electron chi connectivity index (χ3n) is 2.09. The summed E-state index contributed by atoms with van der Waals surface area (Å²) in [5.41, 5.74) is 6.62. The number of hydrogen-bond donors (Lipinski definition) is 1. The molecule has 74 valence electrons. The Hall–Kier alpha value is -0.450. The van der Waals surface area contributed by atoms with Gasteiger partial charge in [0.15, 0.2) is 0 Å².